The molecule has 1 fully saturated rings. The Morgan fingerprint density at radius 2 is 1.90 bits per heavy atom. The van der Waals surface area contributed by atoms with Gasteiger partial charge in [0.2, 0.25) is 5.91 Å². The summed E-state index contributed by atoms with van der Waals surface area (Å²) in [5, 5.41) is 10.4. The molecule has 0 spiro atoms. The summed E-state index contributed by atoms with van der Waals surface area (Å²) in [6.07, 6.45) is 1.87. The first-order chi connectivity index (χ1) is 10.0. The van der Waals surface area contributed by atoms with Gasteiger partial charge in [0.05, 0.1) is 6.10 Å². The molecule has 1 heterocycles. The highest BCUT2D eigenvalue weighted by Gasteiger charge is 2.29. The Labute approximate surface area is 125 Å². The number of piperidine rings is 1. The fraction of sp³-hybridized carbons (Fsp3) is 0.588. The van der Waals surface area contributed by atoms with Gasteiger partial charge in [-0.1, -0.05) is 26.0 Å². The van der Waals surface area contributed by atoms with E-state index in [4.69, 9.17) is 0 Å². The van der Waals surface area contributed by atoms with E-state index in [0.717, 1.165) is 24.8 Å². The van der Waals surface area contributed by atoms with Gasteiger partial charge < -0.3 is 10.0 Å². The second-order valence-electron chi connectivity index (χ2n) is 5.97. The Balaban J connectivity index is 1.91. The molecule has 21 heavy (non-hydrogen) atoms. The zero-order valence-corrected chi connectivity index (χ0v) is 12.8. The highest BCUT2D eigenvalue weighted by atomic mass is 19.1. The standard InChI is InChI=1S/C17H24FNO2/c1-3-12(2)17(21)19-10-8-14(9-11-19)16(20)13-4-6-15(18)7-5-13/h4-7,12,14,16,20H,3,8-11H2,1-2H3. The number of benzene rings is 1. The van der Waals surface area contributed by atoms with Gasteiger partial charge in [0.1, 0.15) is 5.82 Å². The summed E-state index contributed by atoms with van der Waals surface area (Å²) in [6, 6.07) is 6.02. The molecule has 1 aliphatic rings. The summed E-state index contributed by atoms with van der Waals surface area (Å²) in [6.45, 7) is 5.38. The molecule has 1 aromatic rings. The first-order valence-electron chi connectivity index (χ1n) is 7.75. The van der Waals surface area contributed by atoms with Crippen LogP contribution >= 0.6 is 0 Å². The molecule has 1 amide bonds. The van der Waals surface area contributed by atoms with Crippen molar-refractivity contribution in [1.29, 1.82) is 0 Å². The maximum atomic E-state index is 12.9. The molecule has 2 rings (SSSR count). The summed E-state index contributed by atoms with van der Waals surface area (Å²) >= 11 is 0. The Kier molecular flexibility index (Phi) is 5.34. The van der Waals surface area contributed by atoms with E-state index in [1.54, 1.807) is 12.1 Å². The number of rotatable bonds is 4. The average Bonchev–Trinajstić information content (AvgIpc) is 2.53. The monoisotopic (exact) mass is 293 g/mol. The molecule has 1 aromatic carbocycles. The van der Waals surface area contributed by atoms with E-state index < -0.39 is 6.10 Å². The molecule has 0 bridgehead atoms. The predicted octanol–water partition coefficient (Wildman–Crippen LogP) is 3.14. The van der Waals surface area contributed by atoms with Crippen LogP contribution in [0, 0.1) is 17.7 Å². The van der Waals surface area contributed by atoms with Crippen molar-refractivity contribution < 1.29 is 14.3 Å². The lowest BCUT2D eigenvalue weighted by atomic mass is 9.87. The van der Waals surface area contributed by atoms with Crippen LogP contribution in [0.2, 0.25) is 0 Å². The minimum absolute atomic E-state index is 0.0728. The molecule has 0 aliphatic carbocycles. The number of carbonyl (C=O) groups excluding carboxylic acids is 1. The van der Waals surface area contributed by atoms with Gasteiger partial charge in [-0.2, -0.15) is 0 Å². The molecular weight excluding hydrogens is 269 g/mol. The van der Waals surface area contributed by atoms with Gasteiger partial charge in [0, 0.05) is 19.0 Å². The molecule has 0 aromatic heterocycles. The Hall–Kier alpha value is -1.42. The van der Waals surface area contributed by atoms with E-state index in [1.807, 2.05) is 18.7 Å². The van der Waals surface area contributed by atoms with Crippen molar-refractivity contribution in [2.24, 2.45) is 11.8 Å². The number of hydrogen-bond acceptors (Lipinski definition) is 2. The lowest BCUT2D eigenvalue weighted by molar-refractivity contribution is -0.137. The van der Waals surface area contributed by atoms with Gasteiger partial charge in [-0.3, -0.25) is 4.79 Å². The maximum absolute atomic E-state index is 12.9. The minimum Gasteiger partial charge on any atom is -0.388 e. The van der Waals surface area contributed by atoms with Gasteiger partial charge >= 0.3 is 0 Å². The van der Waals surface area contributed by atoms with Gasteiger partial charge in [0.25, 0.3) is 0 Å². The Morgan fingerprint density at radius 1 is 1.33 bits per heavy atom. The van der Waals surface area contributed by atoms with E-state index in [1.165, 1.54) is 12.1 Å². The highest BCUT2D eigenvalue weighted by molar-refractivity contribution is 5.78. The Bertz CT molecular complexity index is 466. The third-order valence-corrected chi connectivity index (χ3v) is 4.54. The van der Waals surface area contributed by atoms with E-state index >= 15 is 0 Å². The van der Waals surface area contributed by atoms with E-state index in [2.05, 4.69) is 0 Å². The van der Waals surface area contributed by atoms with Crippen LogP contribution in [0.25, 0.3) is 0 Å². The molecule has 1 N–H and O–H groups in total. The van der Waals surface area contributed by atoms with Gasteiger partial charge in [-0.05, 0) is 42.9 Å². The molecule has 1 aliphatic heterocycles. The third kappa shape index (κ3) is 3.82. The van der Waals surface area contributed by atoms with E-state index in [0.29, 0.717) is 13.1 Å². The lowest BCUT2D eigenvalue weighted by Gasteiger charge is -2.35. The SMILES string of the molecule is CCC(C)C(=O)N1CCC(C(O)c2ccc(F)cc2)CC1. The molecular formula is C17H24FNO2. The van der Waals surface area contributed by atoms with Crippen molar-refractivity contribution in [2.45, 2.75) is 39.2 Å². The summed E-state index contributed by atoms with van der Waals surface area (Å²) in [7, 11) is 0. The number of likely N-dealkylation sites (tertiary alicyclic amines) is 1. The van der Waals surface area contributed by atoms with Crippen LogP contribution in [0.3, 0.4) is 0 Å². The maximum Gasteiger partial charge on any atom is 0.225 e. The minimum atomic E-state index is -0.577. The van der Waals surface area contributed by atoms with Crippen LogP contribution in [-0.4, -0.2) is 29.0 Å². The van der Waals surface area contributed by atoms with Crippen LogP contribution in [-0.2, 0) is 4.79 Å². The number of amides is 1. The third-order valence-electron chi connectivity index (χ3n) is 4.54. The Morgan fingerprint density at radius 3 is 2.43 bits per heavy atom. The number of carbonyl (C=O) groups is 1. The topological polar surface area (TPSA) is 40.5 Å². The van der Waals surface area contributed by atoms with Gasteiger partial charge in [-0.15, -0.1) is 0 Å². The smallest absolute Gasteiger partial charge is 0.225 e. The number of halogens is 1. The van der Waals surface area contributed by atoms with Crippen LogP contribution in [0.15, 0.2) is 24.3 Å². The summed E-state index contributed by atoms with van der Waals surface area (Å²) < 4.78 is 12.9. The molecule has 0 radical (unpaired) electrons. The first-order valence-corrected chi connectivity index (χ1v) is 7.75. The molecule has 0 saturated carbocycles. The molecule has 4 heteroatoms. The lowest BCUT2D eigenvalue weighted by Crippen LogP contribution is -2.42. The molecule has 2 atom stereocenters. The number of aliphatic hydroxyl groups excluding tert-OH is 1. The van der Waals surface area contributed by atoms with Crippen molar-refractivity contribution in [3.05, 3.63) is 35.6 Å². The number of aliphatic hydroxyl groups is 1. The fourth-order valence-corrected chi connectivity index (χ4v) is 2.85. The quantitative estimate of drug-likeness (QED) is 0.926. The largest absolute Gasteiger partial charge is 0.388 e. The molecule has 116 valence electrons. The first kappa shape index (κ1) is 16.0. The van der Waals surface area contributed by atoms with Crippen molar-refractivity contribution in [3.63, 3.8) is 0 Å². The van der Waals surface area contributed by atoms with Crippen LogP contribution in [0.4, 0.5) is 4.39 Å². The molecule has 1 saturated heterocycles. The molecule has 3 nitrogen and oxygen atoms in total. The van der Waals surface area contributed by atoms with Crippen molar-refractivity contribution in [3.8, 4) is 0 Å². The highest BCUT2D eigenvalue weighted by Crippen LogP contribution is 2.31. The van der Waals surface area contributed by atoms with Crippen molar-refractivity contribution >= 4 is 5.91 Å². The van der Waals surface area contributed by atoms with Gasteiger partial charge in [0.15, 0.2) is 0 Å². The fourth-order valence-electron chi connectivity index (χ4n) is 2.85. The van der Waals surface area contributed by atoms with Crippen LogP contribution in [0.5, 0.6) is 0 Å². The van der Waals surface area contributed by atoms with Crippen LogP contribution < -0.4 is 0 Å². The second kappa shape index (κ2) is 7.03. The summed E-state index contributed by atoms with van der Waals surface area (Å²) in [5.41, 5.74) is 0.753. The predicted molar refractivity (Wildman–Crippen MR) is 80.1 cm³/mol. The average molecular weight is 293 g/mol. The van der Waals surface area contributed by atoms with Crippen molar-refractivity contribution in [1.82, 2.24) is 4.90 Å². The summed E-state index contributed by atoms with van der Waals surface area (Å²) in [5.74, 6) is 0.132. The zero-order valence-electron chi connectivity index (χ0n) is 12.8. The van der Waals surface area contributed by atoms with Gasteiger partial charge in [-0.25, -0.2) is 4.39 Å². The zero-order chi connectivity index (χ0) is 15.4. The number of hydrogen-bond donors (Lipinski definition) is 1. The molecule has 2 unspecified atom stereocenters. The number of nitrogens with zero attached hydrogens (tertiary/aromatic N) is 1. The van der Waals surface area contributed by atoms with E-state index in [-0.39, 0.29) is 23.6 Å². The van der Waals surface area contributed by atoms with E-state index in [9.17, 15) is 14.3 Å². The van der Waals surface area contributed by atoms with Crippen molar-refractivity contribution in [2.75, 3.05) is 13.1 Å². The normalized spacial score (nSPS) is 19.3. The second-order valence-corrected chi connectivity index (χ2v) is 5.97. The summed E-state index contributed by atoms with van der Waals surface area (Å²) in [4.78, 5) is 14.0. The van der Waals surface area contributed by atoms with Crippen LogP contribution in [0.1, 0.15) is 44.8 Å².